The molecule has 0 amide bonds. The van der Waals surface area contributed by atoms with Crippen LogP contribution in [0.4, 0.5) is 0 Å². The molecule has 0 aromatic heterocycles. The Kier molecular flexibility index (Phi) is 6.55. The fraction of sp³-hybridized carbons (Fsp3) is 0.364. The number of benzene rings is 1. The lowest BCUT2D eigenvalue weighted by molar-refractivity contribution is -0.207. The maximum Gasteiger partial charge on any atom is 0.0809 e. The van der Waals surface area contributed by atoms with Crippen molar-refractivity contribution in [1.82, 2.24) is 0 Å². The van der Waals surface area contributed by atoms with Crippen molar-refractivity contribution in [2.45, 2.75) is 25.9 Å². The van der Waals surface area contributed by atoms with E-state index in [2.05, 4.69) is 0 Å². The van der Waals surface area contributed by atoms with Gasteiger partial charge in [-0.1, -0.05) is 71.9 Å². The van der Waals surface area contributed by atoms with E-state index < -0.39 is 0 Å². The first-order valence-electron chi connectivity index (χ1n) is 5.07. The van der Waals surface area contributed by atoms with Crippen LogP contribution in [0.2, 0.25) is 25.1 Å². The van der Waals surface area contributed by atoms with E-state index in [4.69, 9.17) is 58.0 Å². The summed E-state index contributed by atoms with van der Waals surface area (Å²) < 4.78 is 0. The molecule has 7 heteroatoms. The van der Waals surface area contributed by atoms with Gasteiger partial charge in [0.1, 0.15) is 0 Å². The highest BCUT2D eigenvalue weighted by molar-refractivity contribution is 7.41. The van der Waals surface area contributed by atoms with Crippen LogP contribution in [0.5, 0.6) is 0 Å². The third-order valence-electron chi connectivity index (χ3n) is 2.35. The summed E-state index contributed by atoms with van der Waals surface area (Å²) >= 11 is 29.7. The van der Waals surface area contributed by atoms with Crippen molar-refractivity contribution < 1.29 is 5.11 Å². The molecule has 18 heavy (non-hydrogen) atoms. The first-order valence-corrected chi connectivity index (χ1v) is 7.93. The van der Waals surface area contributed by atoms with Crippen molar-refractivity contribution >= 4 is 71.7 Å². The highest BCUT2D eigenvalue weighted by Crippen LogP contribution is 2.44. The van der Waals surface area contributed by atoms with Crippen LogP contribution in [0.25, 0.3) is 0 Å². The van der Waals surface area contributed by atoms with Gasteiger partial charge < -0.3 is 5.11 Å². The van der Waals surface area contributed by atoms with Gasteiger partial charge in [-0.25, -0.2) is 0 Å². The van der Waals surface area contributed by atoms with Gasteiger partial charge in [0.15, 0.2) is 0 Å². The third-order valence-corrected chi connectivity index (χ3v) is 5.89. The molecule has 0 heterocycles. The Balaban J connectivity index is 3.47. The molecule has 0 aliphatic heterocycles. The van der Waals surface area contributed by atoms with Crippen molar-refractivity contribution in [3.8, 4) is 0 Å². The molecule has 1 atom stereocenters. The summed E-state index contributed by atoms with van der Waals surface area (Å²) in [6.45, 7) is 3.95. The number of hydrogen-bond acceptors (Lipinski definition) is 1. The molecule has 0 N–H and O–H groups in total. The molecule has 0 radical (unpaired) electrons. The van der Waals surface area contributed by atoms with Crippen LogP contribution in [0.3, 0.4) is 0 Å². The van der Waals surface area contributed by atoms with Crippen LogP contribution in [-0.4, -0.2) is 11.1 Å². The van der Waals surface area contributed by atoms with Crippen LogP contribution in [-0.2, 0) is 0 Å². The Morgan fingerprint density at radius 3 is 1.78 bits per heavy atom. The van der Waals surface area contributed by atoms with Crippen molar-refractivity contribution in [3.05, 3.63) is 30.7 Å². The molecule has 1 aromatic rings. The van der Waals surface area contributed by atoms with E-state index >= 15 is 0 Å². The Morgan fingerprint density at radius 2 is 1.39 bits per heavy atom. The summed E-state index contributed by atoms with van der Waals surface area (Å²) in [6, 6.07) is 0. The second-order valence-electron chi connectivity index (χ2n) is 3.64. The number of rotatable bonds is 3. The first kappa shape index (κ1) is 16.9. The first-order chi connectivity index (χ1) is 8.31. The summed E-state index contributed by atoms with van der Waals surface area (Å²) in [5.74, 6) is 0. The normalized spacial score (nSPS) is 13.9. The van der Waals surface area contributed by atoms with Gasteiger partial charge >= 0.3 is 0 Å². The maximum absolute atomic E-state index is 12.1. The van der Waals surface area contributed by atoms with Crippen molar-refractivity contribution in [1.29, 1.82) is 0 Å². The van der Waals surface area contributed by atoms with Gasteiger partial charge in [-0.15, -0.1) is 13.7 Å². The van der Waals surface area contributed by atoms with Crippen molar-refractivity contribution in [2.24, 2.45) is 0 Å². The average molecular weight is 365 g/mol. The fourth-order valence-electron chi connectivity index (χ4n) is 1.15. The molecule has 100 valence electrons. The van der Waals surface area contributed by atoms with E-state index in [1.54, 1.807) is 0 Å². The number of hydrogen-bond donors (Lipinski definition) is 0. The maximum atomic E-state index is 12.1. The van der Waals surface area contributed by atoms with Gasteiger partial charge in [-0.2, -0.15) is 0 Å². The smallest absolute Gasteiger partial charge is 0.0809 e. The lowest BCUT2D eigenvalue weighted by atomic mass is 10.2. The summed E-state index contributed by atoms with van der Waals surface area (Å²) in [5, 5.41) is 12.4. The van der Waals surface area contributed by atoms with Crippen LogP contribution in [0.15, 0.2) is 0 Å². The second kappa shape index (κ2) is 6.99. The summed E-state index contributed by atoms with van der Waals surface area (Å²) in [4.78, 5) is 0. The lowest BCUT2D eigenvalue weighted by Crippen LogP contribution is -2.19. The topological polar surface area (TPSA) is 23.1 Å². The highest BCUT2D eigenvalue weighted by atomic mass is 35.5. The molecule has 1 rings (SSSR count). The minimum atomic E-state index is -0.209. The largest absolute Gasteiger partial charge is 0.823 e. The van der Waals surface area contributed by atoms with Gasteiger partial charge in [0.25, 0.3) is 0 Å². The van der Waals surface area contributed by atoms with Gasteiger partial charge in [0.2, 0.25) is 0 Å². The highest BCUT2D eigenvalue weighted by Gasteiger charge is 2.18. The van der Waals surface area contributed by atoms with Gasteiger partial charge in [-0.3, -0.25) is 0 Å². The third kappa shape index (κ3) is 3.46. The van der Waals surface area contributed by atoms with E-state index in [0.717, 1.165) is 6.42 Å². The average Bonchev–Trinajstić information content (AvgIpc) is 2.34. The summed E-state index contributed by atoms with van der Waals surface area (Å²) in [5.41, 5.74) is 0.136. The van der Waals surface area contributed by atoms with E-state index in [9.17, 15) is 5.11 Å². The quantitative estimate of drug-likeness (QED) is 0.392. The van der Waals surface area contributed by atoms with Gasteiger partial charge in [0.05, 0.1) is 25.1 Å². The molecule has 0 aliphatic carbocycles. The predicted molar refractivity (Wildman–Crippen MR) is 82.3 cm³/mol. The molecule has 1 nitrogen and oxygen atoms in total. The van der Waals surface area contributed by atoms with E-state index in [1.807, 2.05) is 13.8 Å². The minimum Gasteiger partial charge on any atom is -0.823 e. The molecule has 0 aliphatic rings. The number of halogens is 5. The van der Waals surface area contributed by atoms with Gasteiger partial charge in [-0.05, 0) is 12.1 Å². The fourth-order valence-corrected chi connectivity index (χ4v) is 3.53. The van der Waals surface area contributed by atoms with Crippen molar-refractivity contribution in [2.75, 3.05) is 0 Å². The zero-order chi connectivity index (χ0) is 14.0. The minimum absolute atomic E-state index is 0.0513. The zero-order valence-corrected chi connectivity index (χ0v) is 14.2. The van der Waals surface area contributed by atoms with Crippen molar-refractivity contribution in [3.63, 3.8) is 0 Å². The van der Waals surface area contributed by atoms with E-state index in [0.29, 0.717) is 8.20 Å². The Hall–Kier alpha value is 0.800. The van der Waals surface area contributed by atoms with Crippen LogP contribution in [0, 0.1) is 0 Å². The Labute approximate surface area is 133 Å². The SMILES string of the molecule is CCC(C)P=C([O-])c1c(Cl)c(Cl)c(Cl)c(Cl)c1Cl. The molecule has 0 fully saturated rings. The molecule has 1 aromatic carbocycles. The molecule has 0 saturated heterocycles. The standard InChI is InChI=1S/C11H10Cl5OP/c1-3-4(2)18-11(17)5-6(12)8(14)10(16)9(15)7(5)13/h4,17H,3H2,1-2H3/p-1. The molecule has 1 unspecified atom stereocenters. The van der Waals surface area contributed by atoms with Crippen LogP contribution < -0.4 is 5.11 Å². The zero-order valence-electron chi connectivity index (χ0n) is 9.53. The lowest BCUT2D eigenvalue weighted by Gasteiger charge is -2.19. The van der Waals surface area contributed by atoms with Crippen LogP contribution >= 0.6 is 66.2 Å². The monoisotopic (exact) mass is 363 g/mol. The molecule has 0 saturated carbocycles. The molecular weight excluding hydrogens is 356 g/mol. The van der Waals surface area contributed by atoms with Gasteiger partial charge in [0, 0.05) is 5.56 Å². The second-order valence-corrected chi connectivity index (χ2v) is 7.07. The Bertz CT molecular complexity index is 472. The Morgan fingerprint density at radius 1 is 1.00 bits per heavy atom. The molecule has 0 bridgehead atoms. The van der Waals surface area contributed by atoms with E-state index in [-0.39, 0.29) is 41.8 Å². The summed E-state index contributed by atoms with van der Waals surface area (Å²) in [7, 11) is 0.604. The predicted octanol–water partition coefficient (Wildman–Crippen LogP) is 5.54. The summed E-state index contributed by atoms with van der Waals surface area (Å²) in [6.07, 6.45) is 0.873. The van der Waals surface area contributed by atoms with Crippen LogP contribution in [0.1, 0.15) is 25.8 Å². The molecule has 0 spiro atoms. The molecular formula is C11H9Cl5OP-. The van der Waals surface area contributed by atoms with E-state index in [1.165, 1.54) is 0 Å².